The Labute approximate surface area is 222 Å². The van der Waals surface area contributed by atoms with Crippen LogP contribution in [0.15, 0.2) is 75.8 Å². The molecule has 3 aromatic carbocycles. The van der Waals surface area contributed by atoms with Gasteiger partial charge >= 0.3 is 6.18 Å². The van der Waals surface area contributed by atoms with Gasteiger partial charge in [0.05, 0.1) is 18.4 Å². The number of hydrogen-bond donors (Lipinski definition) is 0. The third-order valence-electron chi connectivity index (χ3n) is 5.13. The molecule has 0 saturated heterocycles. The van der Waals surface area contributed by atoms with E-state index in [9.17, 15) is 18.0 Å². The Kier molecular flexibility index (Phi) is 7.63. The molecule has 0 radical (unpaired) electrons. The number of methoxy groups -OCH3 is 1. The molecule has 0 N–H and O–H groups in total. The van der Waals surface area contributed by atoms with E-state index in [-0.39, 0.29) is 23.6 Å². The molecular formula is C25H16BrCl2F3N2O3. The molecule has 0 spiro atoms. The van der Waals surface area contributed by atoms with Crippen LogP contribution in [0.5, 0.6) is 11.5 Å². The Morgan fingerprint density at radius 2 is 1.78 bits per heavy atom. The van der Waals surface area contributed by atoms with Gasteiger partial charge in [0.25, 0.3) is 5.91 Å². The summed E-state index contributed by atoms with van der Waals surface area (Å²) in [7, 11) is 1.39. The Hall–Kier alpha value is -3.01. The molecule has 11 heteroatoms. The molecule has 0 bridgehead atoms. The minimum absolute atomic E-state index is 0.0919. The maximum Gasteiger partial charge on any atom is 0.435 e. The second-order valence-corrected chi connectivity index (χ2v) is 9.20. The van der Waals surface area contributed by atoms with Gasteiger partial charge < -0.3 is 9.47 Å². The van der Waals surface area contributed by atoms with Crippen molar-refractivity contribution in [3.05, 3.63) is 91.9 Å². The van der Waals surface area contributed by atoms with Crippen molar-refractivity contribution in [2.24, 2.45) is 5.10 Å². The highest BCUT2D eigenvalue weighted by molar-refractivity contribution is 9.10. The number of anilines is 1. The molecule has 1 aliphatic rings. The fraction of sp³-hybridized carbons (Fsp3) is 0.120. The summed E-state index contributed by atoms with van der Waals surface area (Å²) in [6.45, 7) is 0.0919. The molecule has 1 heterocycles. The van der Waals surface area contributed by atoms with Crippen LogP contribution < -0.4 is 14.5 Å². The average molecular weight is 600 g/mol. The Morgan fingerprint density at radius 3 is 2.42 bits per heavy atom. The molecule has 1 amide bonds. The van der Waals surface area contributed by atoms with Gasteiger partial charge in [0.1, 0.15) is 6.61 Å². The highest BCUT2D eigenvalue weighted by Gasteiger charge is 2.46. The predicted octanol–water partition coefficient (Wildman–Crippen LogP) is 7.69. The number of halogens is 6. The highest BCUT2D eigenvalue weighted by atomic mass is 79.9. The van der Waals surface area contributed by atoms with Crippen molar-refractivity contribution >= 4 is 62.5 Å². The first-order valence-corrected chi connectivity index (χ1v) is 11.8. The summed E-state index contributed by atoms with van der Waals surface area (Å²) in [6.07, 6.45) is -3.73. The summed E-state index contributed by atoms with van der Waals surface area (Å²) < 4.78 is 52.9. The molecule has 186 valence electrons. The zero-order valence-corrected chi connectivity index (χ0v) is 21.5. The summed E-state index contributed by atoms with van der Waals surface area (Å²) in [5.41, 5.74) is -0.738. The second kappa shape index (κ2) is 10.5. The number of nitrogens with zero attached hydrogens (tertiary/aromatic N) is 2. The van der Waals surface area contributed by atoms with Crippen molar-refractivity contribution in [2.75, 3.05) is 12.1 Å². The third-order valence-corrected chi connectivity index (χ3v) is 6.40. The van der Waals surface area contributed by atoms with Gasteiger partial charge in [0.2, 0.25) is 0 Å². The Balaban J connectivity index is 1.68. The van der Waals surface area contributed by atoms with E-state index in [0.29, 0.717) is 25.8 Å². The van der Waals surface area contributed by atoms with Crippen LogP contribution in [-0.4, -0.2) is 24.9 Å². The van der Waals surface area contributed by atoms with Crippen molar-refractivity contribution in [2.45, 2.75) is 12.8 Å². The fourth-order valence-electron chi connectivity index (χ4n) is 3.38. The lowest BCUT2D eigenvalue weighted by Gasteiger charge is -2.14. The van der Waals surface area contributed by atoms with E-state index in [1.807, 2.05) is 0 Å². The number of benzene rings is 3. The first-order chi connectivity index (χ1) is 17.1. The minimum Gasteiger partial charge on any atom is -0.493 e. The first kappa shape index (κ1) is 26.1. The molecule has 36 heavy (non-hydrogen) atoms. The molecule has 0 aliphatic carbocycles. The molecule has 1 aliphatic heterocycles. The van der Waals surface area contributed by atoms with E-state index in [1.54, 1.807) is 36.4 Å². The van der Waals surface area contributed by atoms with Gasteiger partial charge in [-0.2, -0.15) is 23.3 Å². The molecule has 0 atom stereocenters. The van der Waals surface area contributed by atoms with Gasteiger partial charge in [-0.05, 0) is 48.0 Å². The van der Waals surface area contributed by atoms with E-state index in [0.717, 1.165) is 11.1 Å². The van der Waals surface area contributed by atoms with Crippen LogP contribution in [0.3, 0.4) is 0 Å². The smallest absolute Gasteiger partial charge is 0.435 e. The van der Waals surface area contributed by atoms with E-state index in [2.05, 4.69) is 21.0 Å². The monoisotopic (exact) mass is 598 g/mol. The minimum atomic E-state index is -4.84. The standard InChI is InChI=1S/C25H16BrCl2F3N2O3/c1-35-21-10-15(19(26)12-22(21)36-13-14-7-8-16(27)11-20(14)28)9-18-23(25(29,30)31)32-33(24(18)34)17-5-3-2-4-6-17/h2-12H,13H2,1H3/b18-9-. The number of ether oxygens (including phenoxy) is 2. The van der Waals surface area contributed by atoms with E-state index in [4.69, 9.17) is 32.7 Å². The number of hydrazone groups is 1. The molecule has 4 rings (SSSR count). The topological polar surface area (TPSA) is 51.1 Å². The van der Waals surface area contributed by atoms with Crippen molar-refractivity contribution in [3.8, 4) is 11.5 Å². The number of carbonyl (C=O) groups is 1. The summed E-state index contributed by atoms with van der Waals surface area (Å²) in [5.74, 6) is -0.353. The molecule has 0 fully saturated rings. The van der Waals surface area contributed by atoms with Crippen molar-refractivity contribution in [3.63, 3.8) is 0 Å². The zero-order valence-electron chi connectivity index (χ0n) is 18.4. The van der Waals surface area contributed by atoms with E-state index >= 15 is 0 Å². The van der Waals surface area contributed by atoms with Gasteiger partial charge in [-0.15, -0.1) is 0 Å². The maximum atomic E-state index is 13.8. The van der Waals surface area contributed by atoms with Crippen molar-refractivity contribution < 1.29 is 27.4 Å². The lowest BCUT2D eigenvalue weighted by atomic mass is 10.1. The lowest BCUT2D eigenvalue weighted by molar-refractivity contribution is -0.114. The lowest BCUT2D eigenvalue weighted by Crippen LogP contribution is -2.25. The first-order valence-electron chi connectivity index (χ1n) is 10.3. The molecule has 5 nitrogen and oxygen atoms in total. The average Bonchev–Trinajstić information content (AvgIpc) is 3.17. The number of rotatable bonds is 6. The number of amides is 1. The molecule has 0 unspecified atom stereocenters. The molecule has 0 aromatic heterocycles. The van der Waals surface area contributed by atoms with Gasteiger partial charge in [0.15, 0.2) is 17.2 Å². The normalized spacial score (nSPS) is 14.9. The number of carbonyl (C=O) groups excluding carboxylic acids is 1. The molecule has 0 saturated carbocycles. The molecular weight excluding hydrogens is 584 g/mol. The summed E-state index contributed by atoms with van der Waals surface area (Å²) in [5, 5.41) is 5.20. The quantitative estimate of drug-likeness (QED) is 0.273. The number of hydrogen-bond acceptors (Lipinski definition) is 4. The van der Waals surface area contributed by atoms with Gasteiger partial charge in [-0.25, -0.2) is 0 Å². The summed E-state index contributed by atoms with van der Waals surface area (Å²) in [6, 6.07) is 15.8. The van der Waals surface area contributed by atoms with Gasteiger partial charge in [0, 0.05) is 20.1 Å². The van der Waals surface area contributed by atoms with Gasteiger partial charge in [-0.3, -0.25) is 4.79 Å². The Morgan fingerprint density at radius 1 is 1.06 bits per heavy atom. The van der Waals surface area contributed by atoms with Crippen LogP contribution in [0.2, 0.25) is 10.0 Å². The fourth-order valence-corrected chi connectivity index (χ4v) is 4.28. The predicted molar refractivity (Wildman–Crippen MR) is 137 cm³/mol. The largest absolute Gasteiger partial charge is 0.493 e. The van der Waals surface area contributed by atoms with Crippen LogP contribution in [0, 0.1) is 0 Å². The zero-order chi connectivity index (χ0) is 26.0. The second-order valence-electron chi connectivity index (χ2n) is 7.51. The van der Waals surface area contributed by atoms with Crippen LogP contribution in [0.25, 0.3) is 6.08 Å². The van der Waals surface area contributed by atoms with Crippen LogP contribution in [0.4, 0.5) is 18.9 Å². The van der Waals surface area contributed by atoms with Crippen molar-refractivity contribution in [1.82, 2.24) is 0 Å². The summed E-state index contributed by atoms with van der Waals surface area (Å²) >= 11 is 15.5. The van der Waals surface area contributed by atoms with E-state index in [1.165, 1.54) is 31.4 Å². The number of para-hydroxylation sites is 1. The SMILES string of the molecule is COc1cc(/C=C2\C(=O)N(c3ccccc3)N=C2C(F)(F)F)c(Br)cc1OCc1ccc(Cl)cc1Cl. The van der Waals surface area contributed by atoms with Crippen LogP contribution >= 0.6 is 39.1 Å². The van der Waals surface area contributed by atoms with Crippen LogP contribution in [-0.2, 0) is 11.4 Å². The van der Waals surface area contributed by atoms with Crippen molar-refractivity contribution in [1.29, 1.82) is 0 Å². The molecule has 3 aromatic rings. The van der Waals surface area contributed by atoms with Crippen LogP contribution in [0.1, 0.15) is 11.1 Å². The summed E-state index contributed by atoms with van der Waals surface area (Å²) in [4.78, 5) is 13.0. The van der Waals surface area contributed by atoms with E-state index < -0.39 is 23.4 Å². The maximum absolute atomic E-state index is 13.8. The number of alkyl halides is 3. The third kappa shape index (κ3) is 5.53. The highest BCUT2D eigenvalue weighted by Crippen LogP contribution is 2.38. The van der Waals surface area contributed by atoms with Gasteiger partial charge in [-0.1, -0.05) is 63.4 Å². The Bertz CT molecular complexity index is 1380.